The number of aliphatic hydroxyl groups is 1. The van der Waals surface area contributed by atoms with Gasteiger partial charge in [0, 0.05) is 0 Å². The summed E-state index contributed by atoms with van der Waals surface area (Å²) in [7, 11) is 0. The molecule has 1 aliphatic carbocycles. The van der Waals surface area contributed by atoms with Crippen molar-refractivity contribution in [3.8, 4) is 0 Å². The maximum atomic E-state index is 9.59. The molecule has 0 fully saturated rings. The van der Waals surface area contributed by atoms with Crippen molar-refractivity contribution in [1.29, 1.82) is 0 Å². The first-order chi connectivity index (χ1) is 7.16. The largest absolute Gasteiger partial charge is 0.389 e. The average Bonchev–Trinajstić information content (AvgIpc) is 2.22. The summed E-state index contributed by atoms with van der Waals surface area (Å²) in [6, 6.07) is 6.54. The van der Waals surface area contributed by atoms with E-state index < -0.39 is 0 Å². The lowest BCUT2D eigenvalue weighted by Crippen LogP contribution is -2.08. The first-order valence-corrected chi connectivity index (χ1v) is 5.63. The van der Waals surface area contributed by atoms with Crippen LogP contribution in [0.5, 0.6) is 0 Å². The summed E-state index contributed by atoms with van der Waals surface area (Å²) in [6.45, 7) is 4.27. The Labute approximate surface area is 91.4 Å². The Balaban J connectivity index is 2.33. The molecule has 0 amide bonds. The zero-order valence-corrected chi connectivity index (χ0v) is 9.46. The van der Waals surface area contributed by atoms with E-state index in [-0.39, 0.29) is 6.10 Å². The van der Waals surface area contributed by atoms with Crippen LogP contribution >= 0.6 is 0 Å². The van der Waals surface area contributed by atoms with Crippen LogP contribution < -0.4 is 0 Å². The van der Waals surface area contributed by atoms with Crippen LogP contribution in [-0.2, 0) is 0 Å². The van der Waals surface area contributed by atoms with Crippen molar-refractivity contribution >= 4 is 5.57 Å². The molecule has 1 heteroatoms. The third-order valence-corrected chi connectivity index (χ3v) is 3.22. The smallest absolute Gasteiger partial charge is 0.0726 e. The van der Waals surface area contributed by atoms with E-state index in [2.05, 4.69) is 32.0 Å². The van der Waals surface area contributed by atoms with Crippen molar-refractivity contribution in [2.45, 2.75) is 39.2 Å². The van der Waals surface area contributed by atoms with Crippen LogP contribution in [0.4, 0.5) is 0 Å². The summed E-state index contributed by atoms with van der Waals surface area (Å²) in [6.07, 6.45) is 4.87. The van der Waals surface area contributed by atoms with E-state index >= 15 is 0 Å². The Hall–Kier alpha value is -1.08. The molecule has 1 nitrogen and oxygen atoms in total. The van der Waals surface area contributed by atoms with Crippen molar-refractivity contribution in [1.82, 2.24) is 0 Å². The van der Waals surface area contributed by atoms with Gasteiger partial charge in [-0.05, 0) is 55.4 Å². The molecule has 1 N–H and O–H groups in total. The van der Waals surface area contributed by atoms with Gasteiger partial charge in [0.1, 0.15) is 0 Å². The number of aryl methyl sites for hydroxylation is 2. The van der Waals surface area contributed by atoms with Gasteiger partial charge in [-0.15, -0.1) is 0 Å². The molecule has 1 aromatic carbocycles. The minimum Gasteiger partial charge on any atom is -0.389 e. The van der Waals surface area contributed by atoms with E-state index in [1.807, 2.05) is 6.08 Å². The summed E-state index contributed by atoms with van der Waals surface area (Å²) in [5.41, 5.74) is 5.23. The summed E-state index contributed by atoms with van der Waals surface area (Å²) < 4.78 is 0. The van der Waals surface area contributed by atoms with E-state index in [0.717, 1.165) is 19.3 Å². The number of hydrogen-bond donors (Lipinski definition) is 1. The second kappa shape index (κ2) is 4.19. The van der Waals surface area contributed by atoms with E-state index in [9.17, 15) is 5.11 Å². The molecule has 80 valence electrons. The number of aliphatic hydroxyl groups excluding tert-OH is 1. The Morgan fingerprint density at radius 2 is 2.00 bits per heavy atom. The van der Waals surface area contributed by atoms with Gasteiger partial charge in [0.2, 0.25) is 0 Å². The zero-order chi connectivity index (χ0) is 10.8. The van der Waals surface area contributed by atoms with Crippen molar-refractivity contribution in [2.75, 3.05) is 0 Å². The van der Waals surface area contributed by atoms with Crippen LogP contribution in [0.15, 0.2) is 24.3 Å². The highest BCUT2D eigenvalue weighted by molar-refractivity contribution is 5.67. The maximum absolute atomic E-state index is 9.59. The lowest BCUT2D eigenvalue weighted by Gasteiger charge is -2.17. The predicted octanol–water partition coefficient (Wildman–Crippen LogP) is 3.23. The molecule has 1 aromatic rings. The normalized spacial score (nSPS) is 21.3. The molecule has 15 heavy (non-hydrogen) atoms. The van der Waals surface area contributed by atoms with Gasteiger partial charge >= 0.3 is 0 Å². The van der Waals surface area contributed by atoms with Crippen LogP contribution in [0.3, 0.4) is 0 Å². The topological polar surface area (TPSA) is 20.2 Å². The molecule has 0 aromatic heterocycles. The Bertz CT molecular complexity index is 390. The fourth-order valence-corrected chi connectivity index (χ4v) is 2.08. The molecule has 1 atom stereocenters. The van der Waals surface area contributed by atoms with Crippen molar-refractivity contribution in [3.63, 3.8) is 0 Å². The van der Waals surface area contributed by atoms with E-state index in [1.165, 1.54) is 22.3 Å². The molecule has 0 saturated carbocycles. The van der Waals surface area contributed by atoms with Crippen LogP contribution in [-0.4, -0.2) is 11.2 Å². The second-order valence-electron chi connectivity index (χ2n) is 4.45. The minimum atomic E-state index is -0.240. The van der Waals surface area contributed by atoms with E-state index in [4.69, 9.17) is 0 Å². The van der Waals surface area contributed by atoms with Crippen LogP contribution in [0.25, 0.3) is 5.57 Å². The summed E-state index contributed by atoms with van der Waals surface area (Å²) in [4.78, 5) is 0. The number of benzene rings is 1. The fourth-order valence-electron chi connectivity index (χ4n) is 2.08. The molecule has 0 aliphatic heterocycles. The third kappa shape index (κ3) is 2.29. The predicted molar refractivity (Wildman–Crippen MR) is 63.8 cm³/mol. The highest BCUT2D eigenvalue weighted by Gasteiger charge is 2.12. The second-order valence-corrected chi connectivity index (χ2v) is 4.45. The lowest BCUT2D eigenvalue weighted by atomic mass is 9.91. The number of rotatable bonds is 1. The van der Waals surface area contributed by atoms with Gasteiger partial charge < -0.3 is 5.11 Å². The van der Waals surface area contributed by atoms with Gasteiger partial charge in [0.05, 0.1) is 6.10 Å². The van der Waals surface area contributed by atoms with Gasteiger partial charge in [-0.25, -0.2) is 0 Å². The third-order valence-electron chi connectivity index (χ3n) is 3.22. The summed E-state index contributed by atoms with van der Waals surface area (Å²) in [5, 5.41) is 9.59. The Kier molecular flexibility index (Phi) is 2.92. The maximum Gasteiger partial charge on any atom is 0.0726 e. The SMILES string of the molecule is Cc1ccc(C2=CC(O)CCC2)cc1C. The first-order valence-electron chi connectivity index (χ1n) is 5.63. The van der Waals surface area contributed by atoms with Gasteiger partial charge in [-0.3, -0.25) is 0 Å². The molecule has 1 aliphatic rings. The summed E-state index contributed by atoms with van der Waals surface area (Å²) >= 11 is 0. The molecule has 0 saturated heterocycles. The first kappa shape index (κ1) is 10.4. The summed E-state index contributed by atoms with van der Waals surface area (Å²) in [5.74, 6) is 0. The van der Waals surface area contributed by atoms with Gasteiger partial charge in [0.15, 0.2) is 0 Å². The highest BCUT2D eigenvalue weighted by atomic mass is 16.3. The molecular formula is C14H18O. The molecule has 2 rings (SSSR count). The minimum absolute atomic E-state index is 0.240. The van der Waals surface area contributed by atoms with E-state index in [0.29, 0.717) is 0 Å². The van der Waals surface area contributed by atoms with Crippen molar-refractivity contribution in [3.05, 3.63) is 41.0 Å². The number of allylic oxidation sites excluding steroid dienone is 1. The van der Waals surface area contributed by atoms with Gasteiger partial charge in [0.25, 0.3) is 0 Å². The fraction of sp³-hybridized carbons (Fsp3) is 0.429. The molecule has 0 spiro atoms. The molecular weight excluding hydrogens is 184 g/mol. The molecule has 1 unspecified atom stereocenters. The average molecular weight is 202 g/mol. The van der Waals surface area contributed by atoms with Gasteiger partial charge in [-0.2, -0.15) is 0 Å². The van der Waals surface area contributed by atoms with Crippen LogP contribution in [0, 0.1) is 13.8 Å². The van der Waals surface area contributed by atoms with E-state index in [1.54, 1.807) is 0 Å². The standard InChI is InChI=1S/C14H18O/c1-10-6-7-13(8-11(10)2)12-4-3-5-14(15)9-12/h6-9,14-15H,3-5H2,1-2H3. The van der Waals surface area contributed by atoms with Crippen molar-refractivity contribution < 1.29 is 5.11 Å². The molecule has 0 bridgehead atoms. The lowest BCUT2D eigenvalue weighted by molar-refractivity contribution is 0.206. The van der Waals surface area contributed by atoms with Crippen molar-refractivity contribution in [2.24, 2.45) is 0 Å². The van der Waals surface area contributed by atoms with Crippen LogP contribution in [0.1, 0.15) is 36.0 Å². The molecule has 0 radical (unpaired) electrons. The quantitative estimate of drug-likeness (QED) is 0.741. The monoisotopic (exact) mass is 202 g/mol. The Morgan fingerprint density at radius 3 is 2.67 bits per heavy atom. The number of hydrogen-bond acceptors (Lipinski definition) is 1. The van der Waals surface area contributed by atoms with Crippen LogP contribution in [0.2, 0.25) is 0 Å². The zero-order valence-electron chi connectivity index (χ0n) is 9.46. The Morgan fingerprint density at radius 1 is 1.20 bits per heavy atom. The highest BCUT2D eigenvalue weighted by Crippen LogP contribution is 2.27. The molecule has 0 heterocycles. The van der Waals surface area contributed by atoms with Gasteiger partial charge in [-0.1, -0.05) is 24.3 Å².